The quantitative estimate of drug-likeness (QED) is 0.607. The van der Waals surface area contributed by atoms with E-state index in [1.54, 1.807) is 12.3 Å². The molecule has 27 heavy (non-hydrogen) atoms. The Morgan fingerprint density at radius 1 is 1.19 bits per heavy atom. The molecule has 136 valence electrons. The zero-order chi connectivity index (χ0) is 18.4. The van der Waals surface area contributed by atoms with Gasteiger partial charge in [0.15, 0.2) is 5.82 Å². The number of H-pyrrole nitrogens is 1. The molecule has 0 aliphatic carbocycles. The molecule has 1 aliphatic rings. The average molecular weight is 362 g/mol. The van der Waals surface area contributed by atoms with Crippen LogP contribution in [0.15, 0.2) is 42.6 Å². The summed E-state index contributed by atoms with van der Waals surface area (Å²) < 4.78 is 15.9. The van der Waals surface area contributed by atoms with Crippen LogP contribution in [0, 0.1) is 12.7 Å². The molecule has 1 aromatic carbocycles. The molecule has 0 bridgehead atoms. The second-order valence-corrected chi connectivity index (χ2v) is 6.96. The minimum absolute atomic E-state index is 0.290. The predicted octanol–water partition coefficient (Wildman–Crippen LogP) is 3.28. The maximum Gasteiger partial charge on any atom is 0.151 e. The number of rotatable bonds is 3. The SMILES string of the molecule is Cc1cccnc1-c1cc2n(n1)CCN(Cc1[nH]nc3c(F)cccc13)C2. The number of hydrogen-bond acceptors (Lipinski definition) is 4. The van der Waals surface area contributed by atoms with Gasteiger partial charge < -0.3 is 0 Å². The molecule has 0 amide bonds. The Morgan fingerprint density at radius 3 is 3.00 bits per heavy atom. The normalized spacial score (nSPS) is 14.6. The molecule has 0 saturated heterocycles. The van der Waals surface area contributed by atoms with E-state index in [1.807, 2.05) is 12.1 Å². The number of pyridine rings is 1. The van der Waals surface area contributed by atoms with Crippen molar-refractivity contribution in [2.75, 3.05) is 6.54 Å². The van der Waals surface area contributed by atoms with E-state index < -0.39 is 0 Å². The first-order chi connectivity index (χ1) is 13.2. The maximum absolute atomic E-state index is 13.9. The van der Waals surface area contributed by atoms with Crippen LogP contribution in [0.2, 0.25) is 0 Å². The summed E-state index contributed by atoms with van der Waals surface area (Å²) in [5.74, 6) is -0.290. The molecular formula is C20H19FN6. The molecule has 6 nitrogen and oxygen atoms in total. The summed E-state index contributed by atoms with van der Waals surface area (Å²) in [5, 5.41) is 12.7. The fourth-order valence-electron chi connectivity index (χ4n) is 3.73. The number of para-hydroxylation sites is 1. The highest BCUT2D eigenvalue weighted by molar-refractivity contribution is 5.81. The number of halogens is 1. The van der Waals surface area contributed by atoms with Gasteiger partial charge in [-0.1, -0.05) is 18.2 Å². The first-order valence-corrected chi connectivity index (χ1v) is 9.01. The molecule has 0 fully saturated rings. The minimum atomic E-state index is -0.290. The van der Waals surface area contributed by atoms with E-state index in [9.17, 15) is 4.39 Å². The molecular weight excluding hydrogens is 343 g/mol. The number of aromatic amines is 1. The van der Waals surface area contributed by atoms with Gasteiger partial charge in [-0.15, -0.1) is 0 Å². The van der Waals surface area contributed by atoms with Gasteiger partial charge in [-0.25, -0.2) is 4.39 Å². The summed E-state index contributed by atoms with van der Waals surface area (Å²) in [7, 11) is 0. The van der Waals surface area contributed by atoms with Crippen molar-refractivity contribution in [2.45, 2.75) is 26.6 Å². The fourth-order valence-corrected chi connectivity index (χ4v) is 3.73. The van der Waals surface area contributed by atoms with Gasteiger partial charge in [-0.3, -0.25) is 19.7 Å². The van der Waals surface area contributed by atoms with Gasteiger partial charge in [0.05, 0.1) is 23.6 Å². The Kier molecular flexibility index (Phi) is 3.75. The predicted molar refractivity (Wildman–Crippen MR) is 100 cm³/mol. The Labute approximate surface area is 155 Å². The third kappa shape index (κ3) is 2.80. The molecule has 5 rings (SSSR count). The van der Waals surface area contributed by atoms with Gasteiger partial charge in [0.2, 0.25) is 0 Å². The molecule has 3 aromatic heterocycles. The lowest BCUT2D eigenvalue weighted by molar-refractivity contribution is 0.203. The van der Waals surface area contributed by atoms with E-state index in [4.69, 9.17) is 5.10 Å². The van der Waals surface area contributed by atoms with Crippen LogP contribution in [0.3, 0.4) is 0 Å². The molecule has 0 atom stereocenters. The van der Waals surface area contributed by atoms with Crippen LogP contribution in [-0.4, -0.2) is 36.4 Å². The summed E-state index contributed by atoms with van der Waals surface area (Å²) in [4.78, 5) is 6.80. The van der Waals surface area contributed by atoms with Gasteiger partial charge in [-0.05, 0) is 30.7 Å². The van der Waals surface area contributed by atoms with E-state index >= 15 is 0 Å². The van der Waals surface area contributed by atoms with Crippen LogP contribution in [0.5, 0.6) is 0 Å². The lowest BCUT2D eigenvalue weighted by atomic mass is 10.1. The summed E-state index contributed by atoms with van der Waals surface area (Å²) in [5.41, 5.74) is 5.48. The second kappa shape index (κ2) is 6.28. The molecule has 4 aromatic rings. The third-order valence-corrected chi connectivity index (χ3v) is 5.13. The molecule has 4 heterocycles. The van der Waals surface area contributed by atoms with Gasteiger partial charge in [0, 0.05) is 31.2 Å². The smallest absolute Gasteiger partial charge is 0.151 e. The highest BCUT2D eigenvalue weighted by Crippen LogP contribution is 2.25. The maximum atomic E-state index is 13.9. The second-order valence-electron chi connectivity index (χ2n) is 6.96. The average Bonchev–Trinajstić information content (AvgIpc) is 3.27. The zero-order valence-electron chi connectivity index (χ0n) is 15.0. The van der Waals surface area contributed by atoms with E-state index in [1.165, 1.54) is 6.07 Å². The summed E-state index contributed by atoms with van der Waals surface area (Å²) in [6.07, 6.45) is 1.80. The van der Waals surface area contributed by atoms with Crippen molar-refractivity contribution in [2.24, 2.45) is 0 Å². The number of nitrogens with one attached hydrogen (secondary N) is 1. The van der Waals surface area contributed by atoms with Gasteiger partial charge in [0.1, 0.15) is 11.2 Å². The first kappa shape index (κ1) is 16.1. The van der Waals surface area contributed by atoms with E-state index in [-0.39, 0.29) is 5.82 Å². The van der Waals surface area contributed by atoms with Gasteiger partial charge in [0.25, 0.3) is 0 Å². The molecule has 0 spiro atoms. The van der Waals surface area contributed by atoms with Crippen molar-refractivity contribution in [1.29, 1.82) is 0 Å². The van der Waals surface area contributed by atoms with Crippen molar-refractivity contribution in [3.63, 3.8) is 0 Å². The number of fused-ring (bicyclic) bond motifs is 2. The minimum Gasteiger partial charge on any atom is -0.290 e. The van der Waals surface area contributed by atoms with Crippen LogP contribution < -0.4 is 0 Å². The molecule has 1 aliphatic heterocycles. The van der Waals surface area contributed by atoms with E-state index in [2.05, 4.69) is 43.8 Å². The van der Waals surface area contributed by atoms with E-state index in [0.29, 0.717) is 12.1 Å². The number of benzene rings is 1. The number of nitrogens with zero attached hydrogens (tertiary/aromatic N) is 5. The molecule has 0 saturated carbocycles. The Balaban J connectivity index is 1.40. The highest BCUT2D eigenvalue weighted by Gasteiger charge is 2.21. The molecule has 0 unspecified atom stereocenters. The number of aromatic nitrogens is 5. The number of hydrogen-bond donors (Lipinski definition) is 1. The lowest BCUT2D eigenvalue weighted by Crippen LogP contribution is -2.33. The van der Waals surface area contributed by atoms with Crippen LogP contribution >= 0.6 is 0 Å². The van der Waals surface area contributed by atoms with Crippen LogP contribution in [0.4, 0.5) is 4.39 Å². The Hall–Kier alpha value is -3.06. The number of aryl methyl sites for hydroxylation is 1. The van der Waals surface area contributed by atoms with Crippen molar-refractivity contribution in [3.05, 3.63) is 65.4 Å². The monoisotopic (exact) mass is 362 g/mol. The molecule has 1 N–H and O–H groups in total. The van der Waals surface area contributed by atoms with E-state index in [0.717, 1.165) is 53.4 Å². The van der Waals surface area contributed by atoms with Crippen LogP contribution in [-0.2, 0) is 19.6 Å². The lowest BCUT2D eigenvalue weighted by Gasteiger charge is -2.27. The summed E-state index contributed by atoms with van der Waals surface area (Å²) in [6.45, 7) is 5.24. The highest BCUT2D eigenvalue weighted by atomic mass is 19.1. The van der Waals surface area contributed by atoms with Gasteiger partial charge >= 0.3 is 0 Å². The third-order valence-electron chi connectivity index (χ3n) is 5.13. The Morgan fingerprint density at radius 2 is 2.11 bits per heavy atom. The first-order valence-electron chi connectivity index (χ1n) is 9.01. The topological polar surface area (TPSA) is 62.6 Å². The fraction of sp³-hybridized carbons (Fsp3) is 0.250. The standard InChI is InChI=1S/C20H19FN6/c1-13-4-3-7-22-19(13)17-10-14-11-26(8-9-27(14)25-17)12-18-15-5-2-6-16(21)20(15)24-23-18/h2-7,10H,8-9,11-12H2,1H3,(H,23,24). The van der Waals surface area contributed by atoms with Crippen LogP contribution in [0.25, 0.3) is 22.3 Å². The molecule has 7 heteroatoms. The Bertz CT molecular complexity index is 1130. The van der Waals surface area contributed by atoms with Gasteiger partial charge in [-0.2, -0.15) is 10.2 Å². The molecule has 0 radical (unpaired) electrons. The van der Waals surface area contributed by atoms with Crippen molar-refractivity contribution < 1.29 is 4.39 Å². The van der Waals surface area contributed by atoms with Crippen molar-refractivity contribution in [3.8, 4) is 11.4 Å². The summed E-state index contributed by atoms with van der Waals surface area (Å²) in [6, 6.07) is 11.2. The largest absolute Gasteiger partial charge is 0.290 e. The van der Waals surface area contributed by atoms with Crippen molar-refractivity contribution in [1.82, 2.24) is 29.9 Å². The van der Waals surface area contributed by atoms with Crippen LogP contribution in [0.1, 0.15) is 17.0 Å². The summed E-state index contributed by atoms with van der Waals surface area (Å²) >= 11 is 0. The zero-order valence-corrected chi connectivity index (χ0v) is 15.0. The van der Waals surface area contributed by atoms with Crippen molar-refractivity contribution >= 4 is 10.9 Å².